The molecular formula is C23H26N2O3S. The lowest BCUT2D eigenvalue weighted by atomic mass is 10.1. The largest absolute Gasteiger partial charge is 0.350 e. The van der Waals surface area contributed by atoms with Crippen molar-refractivity contribution in [2.24, 2.45) is 0 Å². The Bertz CT molecular complexity index is 1130. The van der Waals surface area contributed by atoms with Gasteiger partial charge in [0.2, 0.25) is 15.9 Å². The third-order valence-electron chi connectivity index (χ3n) is 4.87. The molecule has 0 bridgehead atoms. The van der Waals surface area contributed by atoms with E-state index in [1.165, 1.54) is 4.31 Å². The van der Waals surface area contributed by atoms with E-state index in [2.05, 4.69) is 5.32 Å². The second-order valence-electron chi connectivity index (χ2n) is 7.22. The van der Waals surface area contributed by atoms with Gasteiger partial charge in [-0.1, -0.05) is 55.5 Å². The van der Waals surface area contributed by atoms with Crippen molar-refractivity contribution in [1.82, 2.24) is 5.32 Å². The number of hydrogen-bond acceptors (Lipinski definition) is 3. The molecule has 0 unspecified atom stereocenters. The maximum atomic E-state index is 12.9. The lowest BCUT2D eigenvalue weighted by molar-refractivity contribution is -0.122. The lowest BCUT2D eigenvalue weighted by Crippen LogP contribution is -2.49. The first-order valence-corrected chi connectivity index (χ1v) is 11.5. The molecule has 152 valence electrons. The highest BCUT2D eigenvalue weighted by atomic mass is 32.2. The van der Waals surface area contributed by atoms with E-state index in [0.29, 0.717) is 18.7 Å². The zero-order chi connectivity index (χ0) is 21.0. The van der Waals surface area contributed by atoms with Gasteiger partial charge >= 0.3 is 0 Å². The number of amides is 1. The topological polar surface area (TPSA) is 66.5 Å². The summed E-state index contributed by atoms with van der Waals surface area (Å²) in [6, 6.07) is 20.4. The Morgan fingerprint density at radius 3 is 2.38 bits per heavy atom. The summed E-state index contributed by atoms with van der Waals surface area (Å²) >= 11 is 0. The Hall–Kier alpha value is -2.86. The molecule has 0 aliphatic carbocycles. The number of carbonyl (C=O) groups is 1. The average Bonchev–Trinajstić information content (AvgIpc) is 2.69. The zero-order valence-electron chi connectivity index (χ0n) is 16.9. The van der Waals surface area contributed by atoms with Gasteiger partial charge in [-0.2, -0.15) is 0 Å². The maximum absolute atomic E-state index is 12.9. The van der Waals surface area contributed by atoms with Gasteiger partial charge in [-0.25, -0.2) is 8.42 Å². The van der Waals surface area contributed by atoms with E-state index in [1.54, 1.807) is 18.2 Å². The number of hydrogen-bond donors (Lipinski definition) is 1. The van der Waals surface area contributed by atoms with Gasteiger partial charge < -0.3 is 5.32 Å². The number of nitrogens with one attached hydrogen (secondary N) is 1. The Labute approximate surface area is 172 Å². The van der Waals surface area contributed by atoms with Gasteiger partial charge in [-0.05, 0) is 53.4 Å². The van der Waals surface area contributed by atoms with Crippen LogP contribution < -0.4 is 9.62 Å². The van der Waals surface area contributed by atoms with E-state index in [1.807, 2.05) is 62.4 Å². The van der Waals surface area contributed by atoms with Crippen molar-refractivity contribution in [3.8, 4) is 0 Å². The lowest BCUT2D eigenvalue weighted by Gasteiger charge is -2.30. The summed E-state index contributed by atoms with van der Waals surface area (Å²) in [6.45, 7) is 4.05. The quantitative estimate of drug-likeness (QED) is 0.640. The van der Waals surface area contributed by atoms with Crippen LogP contribution in [0.25, 0.3) is 10.8 Å². The molecule has 1 N–H and O–H groups in total. The third-order valence-corrected chi connectivity index (χ3v) is 6.05. The smallest absolute Gasteiger partial charge is 0.244 e. The van der Waals surface area contributed by atoms with Gasteiger partial charge in [0.25, 0.3) is 0 Å². The summed E-state index contributed by atoms with van der Waals surface area (Å²) in [4.78, 5) is 12.9. The summed E-state index contributed by atoms with van der Waals surface area (Å²) in [5.41, 5.74) is 2.40. The zero-order valence-corrected chi connectivity index (χ0v) is 17.7. The van der Waals surface area contributed by atoms with Crippen molar-refractivity contribution in [2.45, 2.75) is 32.9 Å². The van der Waals surface area contributed by atoms with Crippen LogP contribution in [-0.4, -0.2) is 26.6 Å². The number of carbonyl (C=O) groups excluding carboxylic acids is 1. The van der Waals surface area contributed by atoms with Gasteiger partial charge in [-0.3, -0.25) is 9.10 Å². The molecule has 1 amide bonds. The summed E-state index contributed by atoms with van der Waals surface area (Å²) < 4.78 is 26.2. The normalized spacial score (nSPS) is 12.5. The molecular weight excluding hydrogens is 384 g/mol. The van der Waals surface area contributed by atoms with Crippen molar-refractivity contribution < 1.29 is 13.2 Å². The first-order chi connectivity index (χ1) is 13.8. The molecule has 0 fully saturated rings. The minimum Gasteiger partial charge on any atom is -0.350 e. The number of aryl methyl sites for hydroxylation is 1. The molecule has 0 aliphatic rings. The predicted octanol–water partition coefficient (Wildman–Crippen LogP) is 4.01. The van der Waals surface area contributed by atoms with Crippen LogP contribution in [0.2, 0.25) is 0 Å². The molecule has 6 heteroatoms. The highest BCUT2D eigenvalue weighted by molar-refractivity contribution is 7.92. The summed E-state index contributed by atoms with van der Waals surface area (Å²) in [5, 5.41) is 5.14. The van der Waals surface area contributed by atoms with E-state index < -0.39 is 16.1 Å². The fourth-order valence-electron chi connectivity index (χ4n) is 3.48. The second-order valence-corrected chi connectivity index (χ2v) is 9.08. The number of sulfonamides is 1. The van der Waals surface area contributed by atoms with Gasteiger partial charge in [0.15, 0.2) is 0 Å². The van der Waals surface area contributed by atoms with Crippen LogP contribution in [0.15, 0.2) is 66.7 Å². The molecule has 5 nitrogen and oxygen atoms in total. The van der Waals surface area contributed by atoms with Gasteiger partial charge in [0, 0.05) is 6.54 Å². The highest BCUT2D eigenvalue weighted by Crippen LogP contribution is 2.23. The fourth-order valence-corrected chi connectivity index (χ4v) is 4.68. The number of anilines is 1. The van der Waals surface area contributed by atoms with Crippen molar-refractivity contribution >= 4 is 32.4 Å². The van der Waals surface area contributed by atoms with Crippen LogP contribution in [0.5, 0.6) is 0 Å². The van der Waals surface area contributed by atoms with E-state index in [0.717, 1.165) is 28.2 Å². The first kappa shape index (κ1) is 20.9. The van der Waals surface area contributed by atoms with Gasteiger partial charge in [0.1, 0.15) is 6.04 Å². The van der Waals surface area contributed by atoms with Crippen LogP contribution in [0, 0.1) is 6.92 Å². The van der Waals surface area contributed by atoms with Crippen LogP contribution in [0.3, 0.4) is 0 Å². The van der Waals surface area contributed by atoms with Gasteiger partial charge in [0.05, 0.1) is 11.9 Å². The second kappa shape index (κ2) is 8.66. The van der Waals surface area contributed by atoms with Crippen molar-refractivity contribution in [2.75, 3.05) is 10.6 Å². The SMILES string of the molecule is CC[C@H](C(=O)NCc1ccc2ccccc2c1)N(c1cccc(C)c1)S(C)(=O)=O. The van der Waals surface area contributed by atoms with Gasteiger partial charge in [-0.15, -0.1) is 0 Å². The monoisotopic (exact) mass is 410 g/mol. The number of nitrogens with zero attached hydrogens (tertiary/aromatic N) is 1. The molecule has 0 radical (unpaired) electrons. The minimum absolute atomic E-state index is 0.312. The molecule has 1 atom stereocenters. The number of benzene rings is 3. The molecule has 0 aliphatic heterocycles. The molecule has 3 aromatic carbocycles. The molecule has 29 heavy (non-hydrogen) atoms. The van der Waals surface area contributed by atoms with E-state index in [9.17, 15) is 13.2 Å². The summed E-state index contributed by atoms with van der Waals surface area (Å²) in [5.74, 6) is -0.312. The minimum atomic E-state index is -3.63. The number of fused-ring (bicyclic) bond motifs is 1. The standard InChI is InChI=1S/C23H26N2O3S/c1-4-22(25(29(3,27)28)21-11-7-8-17(2)14-21)23(26)24-16-18-12-13-19-9-5-6-10-20(19)15-18/h5-15,22H,4,16H2,1-3H3,(H,24,26)/t22-/m1/s1. The third kappa shape index (κ3) is 4.95. The molecule has 0 saturated carbocycles. The Morgan fingerprint density at radius 1 is 1.00 bits per heavy atom. The highest BCUT2D eigenvalue weighted by Gasteiger charge is 2.31. The molecule has 0 heterocycles. The fraction of sp³-hybridized carbons (Fsp3) is 0.261. The van der Waals surface area contributed by atoms with Crippen LogP contribution in [0.1, 0.15) is 24.5 Å². The van der Waals surface area contributed by atoms with E-state index in [-0.39, 0.29) is 5.91 Å². The predicted molar refractivity (Wildman–Crippen MR) is 118 cm³/mol. The maximum Gasteiger partial charge on any atom is 0.244 e. The van der Waals surface area contributed by atoms with Crippen LogP contribution in [0.4, 0.5) is 5.69 Å². The number of rotatable bonds is 7. The summed E-state index contributed by atoms with van der Waals surface area (Å²) in [7, 11) is -3.63. The Balaban J connectivity index is 1.81. The van der Waals surface area contributed by atoms with E-state index in [4.69, 9.17) is 0 Å². The Morgan fingerprint density at radius 2 is 1.72 bits per heavy atom. The molecule has 0 saturated heterocycles. The summed E-state index contributed by atoms with van der Waals surface area (Å²) in [6.07, 6.45) is 1.50. The molecule has 0 spiro atoms. The average molecular weight is 411 g/mol. The Kier molecular flexibility index (Phi) is 6.23. The van der Waals surface area contributed by atoms with Crippen molar-refractivity contribution in [3.63, 3.8) is 0 Å². The van der Waals surface area contributed by atoms with Crippen molar-refractivity contribution in [3.05, 3.63) is 77.9 Å². The van der Waals surface area contributed by atoms with Crippen LogP contribution >= 0.6 is 0 Å². The molecule has 3 rings (SSSR count). The molecule has 3 aromatic rings. The first-order valence-electron chi connectivity index (χ1n) is 9.61. The molecule has 0 aromatic heterocycles. The van der Waals surface area contributed by atoms with Crippen molar-refractivity contribution in [1.29, 1.82) is 0 Å². The van der Waals surface area contributed by atoms with Crippen LogP contribution in [-0.2, 0) is 21.4 Å². The van der Waals surface area contributed by atoms with E-state index >= 15 is 0 Å².